The van der Waals surface area contributed by atoms with E-state index >= 15 is 0 Å². The summed E-state index contributed by atoms with van der Waals surface area (Å²) in [7, 11) is 0. The van der Waals surface area contributed by atoms with Gasteiger partial charge in [-0.1, -0.05) is 0 Å². The summed E-state index contributed by atoms with van der Waals surface area (Å²) in [5, 5.41) is 3.35. The maximum Gasteiger partial charge on any atom is 0.411 e. The van der Waals surface area contributed by atoms with Gasteiger partial charge in [0.1, 0.15) is 6.61 Å². The van der Waals surface area contributed by atoms with Gasteiger partial charge >= 0.3 is 6.18 Å². The fraction of sp³-hybridized carbons (Fsp3) is 0.692. The van der Waals surface area contributed by atoms with Crippen LogP contribution >= 0.6 is 11.3 Å². The second-order valence-electron chi connectivity index (χ2n) is 5.51. The smallest absolute Gasteiger partial charge is 0.367 e. The van der Waals surface area contributed by atoms with Crippen LogP contribution in [0, 0.1) is 6.92 Å². The van der Waals surface area contributed by atoms with Gasteiger partial charge in [-0.25, -0.2) is 0 Å². The Kier molecular flexibility index (Phi) is 5.41. The predicted octanol–water partition coefficient (Wildman–Crippen LogP) is 4.02. The third kappa shape index (κ3) is 6.94. The Labute approximate surface area is 116 Å². The highest BCUT2D eigenvalue weighted by Gasteiger charge is 2.27. The van der Waals surface area contributed by atoms with Crippen LogP contribution in [0.2, 0.25) is 0 Å². The Balaban J connectivity index is 2.50. The van der Waals surface area contributed by atoms with E-state index < -0.39 is 12.8 Å². The summed E-state index contributed by atoms with van der Waals surface area (Å²) in [6.07, 6.45) is -4.26. The van der Waals surface area contributed by atoms with Crippen molar-refractivity contribution in [3.8, 4) is 0 Å². The summed E-state index contributed by atoms with van der Waals surface area (Å²) in [4.78, 5) is 2.12. The predicted molar refractivity (Wildman–Crippen MR) is 71.4 cm³/mol. The minimum absolute atomic E-state index is 0.0113. The van der Waals surface area contributed by atoms with E-state index in [1.165, 1.54) is 0 Å². The first-order valence-electron chi connectivity index (χ1n) is 6.04. The van der Waals surface area contributed by atoms with Gasteiger partial charge in [-0.3, -0.25) is 0 Å². The SMILES string of the molecule is Cc1sc(CNC(C)(C)C)cc1COCC(F)(F)F. The van der Waals surface area contributed by atoms with Gasteiger partial charge in [-0.15, -0.1) is 11.3 Å². The number of halogens is 3. The Morgan fingerprint density at radius 1 is 1.26 bits per heavy atom. The van der Waals surface area contributed by atoms with Crippen LogP contribution in [0.4, 0.5) is 13.2 Å². The van der Waals surface area contributed by atoms with E-state index in [1.54, 1.807) is 11.3 Å². The summed E-state index contributed by atoms with van der Waals surface area (Å²) in [5.74, 6) is 0. The zero-order chi connectivity index (χ0) is 14.7. The zero-order valence-corrected chi connectivity index (χ0v) is 12.5. The molecule has 0 amide bonds. The molecule has 0 saturated heterocycles. The summed E-state index contributed by atoms with van der Waals surface area (Å²) in [6, 6.07) is 1.91. The normalized spacial score (nSPS) is 13.0. The van der Waals surface area contributed by atoms with E-state index in [2.05, 4.69) is 30.8 Å². The fourth-order valence-corrected chi connectivity index (χ4v) is 2.43. The van der Waals surface area contributed by atoms with Crippen molar-refractivity contribution in [1.82, 2.24) is 5.32 Å². The Bertz CT molecular complexity index is 407. The molecule has 1 aromatic heterocycles. The number of aryl methyl sites for hydroxylation is 1. The molecule has 0 radical (unpaired) electrons. The molecular weight excluding hydrogens is 275 g/mol. The van der Waals surface area contributed by atoms with Gasteiger partial charge in [0.2, 0.25) is 0 Å². The highest BCUT2D eigenvalue weighted by molar-refractivity contribution is 7.12. The van der Waals surface area contributed by atoms with Crippen molar-refractivity contribution in [3.63, 3.8) is 0 Å². The first-order chi connectivity index (χ1) is 8.57. The number of thiophene rings is 1. The topological polar surface area (TPSA) is 21.3 Å². The van der Waals surface area contributed by atoms with Crippen molar-refractivity contribution in [2.45, 2.75) is 52.6 Å². The molecule has 0 spiro atoms. The Morgan fingerprint density at radius 3 is 2.42 bits per heavy atom. The van der Waals surface area contributed by atoms with Crippen LogP contribution in [0.1, 0.15) is 36.1 Å². The third-order valence-corrected chi connectivity index (χ3v) is 3.48. The first-order valence-corrected chi connectivity index (χ1v) is 6.86. The third-order valence-electron chi connectivity index (χ3n) is 2.39. The Morgan fingerprint density at radius 2 is 1.89 bits per heavy atom. The van der Waals surface area contributed by atoms with Crippen LogP contribution in [-0.2, 0) is 17.9 Å². The average Bonchev–Trinajstić information content (AvgIpc) is 2.54. The molecule has 2 nitrogen and oxygen atoms in total. The zero-order valence-electron chi connectivity index (χ0n) is 11.6. The molecule has 1 heterocycles. The van der Waals surface area contributed by atoms with Crippen LogP contribution in [0.25, 0.3) is 0 Å². The molecule has 0 saturated carbocycles. The first kappa shape index (κ1) is 16.5. The highest BCUT2D eigenvalue weighted by Crippen LogP contribution is 2.24. The Hall–Kier alpha value is -0.590. The lowest BCUT2D eigenvalue weighted by Gasteiger charge is -2.19. The lowest BCUT2D eigenvalue weighted by Crippen LogP contribution is -2.34. The highest BCUT2D eigenvalue weighted by atomic mass is 32.1. The molecule has 0 aliphatic carbocycles. The van der Waals surface area contributed by atoms with Gasteiger partial charge in [0, 0.05) is 21.8 Å². The number of hydrogen-bond donors (Lipinski definition) is 1. The van der Waals surface area contributed by atoms with E-state index in [-0.39, 0.29) is 12.1 Å². The van der Waals surface area contributed by atoms with E-state index in [1.807, 2.05) is 13.0 Å². The monoisotopic (exact) mass is 295 g/mol. The van der Waals surface area contributed by atoms with Crippen molar-refractivity contribution < 1.29 is 17.9 Å². The van der Waals surface area contributed by atoms with Gasteiger partial charge in [-0.05, 0) is 39.3 Å². The second kappa shape index (κ2) is 6.24. The van der Waals surface area contributed by atoms with Crippen molar-refractivity contribution >= 4 is 11.3 Å². The molecule has 0 aliphatic heterocycles. The van der Waals surface area contributed by atoms with Gasteiger partial charge in [0.05, 0.1) is 6.61 Å². The van der Waals surface area contributed by atoms with Gasteiger partial charge in [-0.2, -0.15) is 13.2 Å². The summed E-state index contributed by atoms with van der Waals surface area (Å²) < 4.78 is 40.6. The molecule has 1 aromatic rings. The fourth-order valence-electron chi connectivity index (χ4n) is 1.45. The molecule has 0 atom stereocenters. The molecule has 19 heavy (non-hydrogen) atoms. The van der Waals surface area contributed by atoms with E-state index in [0.717, 1.165) is 15.3 Å². The quantitative estimate of drug-likeness (QED) is 0.885. The molecule has 0 fully saturated rings. The largest absolute Gasteiger partial charge is 0.411 e. The maximum atomic E-state index is 12.0. The summed E-state index contributed by atoms with van der Waals surface area (Å²) in [6.45, 7) is 7.64. The number of nitrogens with one attached hydrogen (secondary N) is 1. The van der Waals surface area contributed by atoms with E-state index in [4.69, 9.17) is 0 Å². The lowest BCUT2D eigenvalue weighted by molar-refractivity contribution is -0.176. The summed E-state index contributed by atoms with van der Waals surface area (Å²) >= 11 is 1.59. The average molecular weight is 295 g/mol. The minimum Gasteiger partial charge on any atom is -0.367 e. The van der Waals surface area contributed by atoms with E-state index in [0.29, 0.717) is 6.54 Å². The molecule has 0 unspecified atom stereocenters. The summed E-state index contributed by atoms with van der Waals surface area (Å²) in [5.41, 5.74) is 0.852. The maximum absolute atomic E-state index is 12.0. The molecule has 1 rings (SSSR count). The van der Waals surface area contributed by atoms with Crippen LogP contribution in [0.15, 0.2) is 6.07 Å². The van der Waals surface area contributed by atoms with Crippen molar-refractivity contribution in [1.29, 1.82) is 0 Å². The molecule has 0 aliphatic rings. The lowest BCUT2D eigenvalue weighted by atomic mass is 10.1. The number of ether oxygens (including phenoxy) is 1. The number of rotatable bonds is 5. The van der Waals surface area contributed by atoms with Crippen LogP contribution in [-0.4, -0.2) is 18.3 Å². The van der Waals surface area contributed by atoms with Crippen molar-refractivity contribution in [2.24, 2.45) is 0 Å². The van der Waals surface area contributed by atoms with E-state index in [9.17, 15) is 13.2 Å². The van der Waals surface area contributed by atoms with Gasteiger partial charge in [0.25, 0.3) is 0 Å². The molecule has 110 valence electrons. The van der Waals surface area contributed by atoms with Crippen molar-refractivity contribution in [3.05, 3.63) is 21.4 Å². The molecule has 0 bridgehead atoms. The number of alkyl halides is 3. The van der Waals surface area contributed by atoms with Crippen LogP contribution < -0.4 is 5.32 Å². The van der Waals surface area contributed by atoms with Crippen molar-refractivity contribution in [2.75, 3.05) is 6.61 Å². The van der Waals surface area contributed by atoms with Gasteiger partial charge in [0.15, 0.2) is 0 Å². The second-order valence-corrected chi connectivity index (χ2v) is 6.85. The molecular formula is C13H20F3NOS. The number of hydrogen-bond acceptors (Lipinski definition) is 3. The minimum atomic E-state index is -4.26. The standard InChI is InChI=1S/C13H20F3NOS/c1-9-10(7-18-8-13(14,15)16)5-11(19-9)6-17-12(2,3)4/h5,17H,6-8H2,1-4H3. The van der Waals surface area contributed by atoms with Crippen LogP contribution in [0.5, 0.6) is 0 Å². The van der Waals surface area contributed by atoms with Crippen LogP contribution in [0.3, 0.4) is 0 Å². The van der Waals surface area contributed by atoms with Gasteiger partial charge < -0.3 is 10.1 Å². The molecule has 1 N–H and O–H groups in total. The molecule has 0 aromatic carbocycles. The molecule has 6 heteroatoms.